The Bertz CT molecular complexity index is 1600. The average molecular weight is 557 g/mol. The number of carbonyl (C=O) groups excluding carboxylic acids is 2. The van der Waals surface area contributed by atoms with Crippen molar-refractivity contribution in [1.29, 1.82) is 0 Å². The normalized spacial score (nSPS) is 15.3. The monoisotopic (exact) mass is 556 g/mol. The molecule has 9 heteroatoms. The van der Waals surface area contributed by atoms with Crippen LogP contribution < -0.4 is 16.0 Å². The van der Waals surface area contributed by atoms with Crippen LogP contribution in [0.4, 0.5) is 21.9 Å². The van der Waals surface area contributed by atoms with E-state index >= 15 is 0 Å². The van der Waals surface area contributed by atoms with Crippen LogP contribution in [-0.4, -0.2) is 29.0 Å². The summed E-state index contributed by atoms with van der Waals surface area (Å²) in [5, 5.41) is 13.4. The third-order valence-corrected chi connectivity index (χ3v) is 6.69. The zero-order valence-electron chi connectivity index (χ0n) is 20.4. The third-order valence-electron chi connectivity index (χ3n) is 6.13. The first-order valence-corrected chi connectivity index (χ1v) is 12.7. The van der Waals surface area contributed by atoms with Crippen molar-refractivity contribution in [2.24, 2.45) is 10.7 Å². The van der Waals surface area contributed by atoms with Gasteiger partial charge in [-0.2, -0.15) is 0 Å². The molecule has 6 rings (SSSR count). The van der Waals surface area contributed by atoms with E-state index in [9.17, 15) is 14.7 Å². The number of benzene rings is 4. The first-order valence-electron chi connectivity index (χ1n) is 11.9. The van der Waals surface area contributed by atoms with Gasteiger partial charge in [0.15, 0.2) is 0 Å². The molecule has 7 nitrogen and oxygen atoms in total. The van der Waals surface area contributed by atoms with E-state index in [0.717, 1.165) is 22.5 Å². The minimum atomic E-state index is -1.50. The van der Waals surface area contributed by atoms with Crippen LogP contribution >= 0.6 is 23.2 Å². The molecule has 4 N–H and O–H groups in total. The average Bonchev–Trinajstić information content (AvgIpc) is 3.17. The number of halogens is 2. The van der Waals surface area contributed by atoms with Crippen molar-refractivity contribution in [3.05, 3.63) is 123 Å². The summed E-state index contributed by atoms with van der Waals surface area (Å²) in [7, 11) is 0. The van der Waals surface area contributed by atoms with E-state index in [1.54, 1.807) is 47.4 Å². The Balaban J connectivity index is 0.000000160. The number of anilines is 3. The molecule has 2 aliphatic heterocycles. The zero-order valence-corrected chi connectivity index (χ0v) is 21.9. The number of nitrogens with one attached hydrogen (secondary N) is 1. The van der Waals surface area contributed by atoms with Crippen LogP contribution in [0.1, 0.15) is 22.3 Å². The van der Waals surface area contributed by atoms with E-state index in [-0.39, 0.29) is 0 Å². The van der Waals surface area contributed by atoms with Crippen molar-refractivity contribution in [3.8, 4) is 0 Å². The fraction of sp³-hybridized carbons (Fsp3) is 0.0333. The van der Waals surface area contributed by atoms with Gasteiger partial charge >= 0.3 is 6.03 Å². The second-order valence-corrected chi connectivity index (χ2v) is 9.48. The van der Waals surface area contributed by atoms with E-state index in [0.29, 0.717) is 32.6 Å². The number of aliphatic hydroxyl groups is 1. The van der Waals surface area contributed by atoms with Crippen molar-refractivity contribution in [1.82, 2.24) is 0 Å². The Labute approximate surface area is 234 Å². The smallest absolute Gasteiger partial charge is 0.323 e. The van der Waals surface area contributed by atoms with Crippen molar-refractivity contribution in [3.63, 3.8) is 0 Å². The van der Waals surface area contributed by atoms with Gasteiger partial charge in [-0.15, -0.1) is 0 Å². The summed E-state index contributed by atoms with van der Waals surface area (Å²) in [6, 6.07) is 27.0. The summed E-state index contributed by atoms with van der Waals surface area (Å²) in [4.78, 5) is 29.2. The van der Waals surface area contributed by atoms with Crippen molar-refractivity contribution < 1.29 is 14.7 Å². The molecule has 0 fully saturated rings. The van der Waals surface area contributed by atoms with E-state index in [2.05, 4.69) is 10.3 Å². The molecule has 2 heterocycles. The lowest BCUT2D eigenvalue weighted by molar-refractivity contribution is -0.123. The summed E-state index contributed by atoms with van der Waals surface area (Å²) in [6.07, 6.45) is 2.50. The summed E-state index contributed by atoms with van der Waals surface area (Å²) < 4.78 is 0. The van der Waals surface area contributed by atoms with Crippen molar-refractivity contribution in [2.45, 2.75) is 6.23 Å². The molecular formula is C30H22Cl2N4O3. The summed E-state index contributed by atoms with van der Waals surface area (Å²) in [5.41, 5.74) is 11.3. The fourth-order valence-corrected chi connectivity index (χ4v) is 4.75. The minimum Gasteiger partial charge on any atom is -0.364 e. The number of amides is 3. The quantitative estimate of drug-likeness (QED) is 0.249. The molecule has 4 aromatic carbocycles. The molecule has 0 bridgehead atoms. The number of nitrogens with zero attached hydrogens (tertiary/aromatic N) is 2. The predicted molar refractivity (Wildman–Crippen MR) is 157 cm³/mol. The van der Waals surface area contributed by atoms with Gasteiger partial charge in [0.1, 0.15) is 0 Å². The van der Waals surface area contributed by atoms with E-state index < -0.39 is 18.2 Å². The summed E-state index contributed by atoms with van der Waals surface area (Å²) in [5.74, 6) is -0.597. The first-order chi connectivity index (χ1) is 18.8. The summed E-state index contributed by atoms with van der Waals surface area (Å²) in [6.45, 7) is 0. The van der Waals surface area contributed by atoms with Gasteiger partial charge in [-0.1, -0.05) is 90.0 Å². The van der Waals surface area contributed by atoms with E-state index in [1.807, 2.05) is 60.7 Å². The largest absolute Gasteiger partial charge is 0.364 e. The van der Waals surface area contributed by atoms with Crippen molar-refractivity contribution in [2.75, 3.05) is 10.2 Å². The third kappa shape index (κ3) is 5.42. The molecule has 0 saturated carbocycles. The number of benzodiazepines with no additional fused rings is 1. The molecule has 0 aliphatic carbocycles. The number of hydrogen-bond donors (Lipinski definition) is 3. The maximum atomic E-state index is 11.8. The van der Waals surface area contributed by atoms with E-state index in [4.69, 9.17) is 28.9 Å². The molecule has 3 amide bonds. The van der Waals surface area contributed by atoms with Gasteiger partial charge in [-0.05, 0) is 47.5 Å². The number of nitrogens with two attached hydrogens (primary N) is 1. The van der Waals surface area contributed by atoms with E-state index in [1.165, 1.54) is 0 Å². The number of aliphatic hydroxyl groups excluding tert-OH is 1. The predicted octanol–water partition coefficient (Wildman–Crippen LogP) is 6.49. The second kappa shape index (κ2) is 11.1. The van der Waals surface area contributed by atoms with Crippen LogP contribution in [0.25, 0.3) is 12.2 Å². The van der Waals surface area contributed by atoms with Gasteiger partial charge in [0, 0.05) is 21.2 Å². The zero-order chi connectivity index (χ0) is 27.5. The van der Waals surface area contributed by atoms with Gasteiger partial charge in [-0.3, -0.25) is 9.69 Å². The lowest BCUT2D eigenvalue weighted by Crippen LogP contribution is -2.32. The van der Waals surface area contributed by atoms with Gasteiger partial charge in [0.05, 0.1) is 22.8 Å². The molecule has 2 aliphatic rings. The topological polar surface area (TPSA) is 108 Å². The van der Waals surface area contributed by atoms with Gasteiger partial charge in [0.2, 0.25) is 6.23 Å². The molecule has 0 spiro atoms. The Hall–Kier alpha value is -4.43. The lowest BCUT2D eigenvalue weighted by atomic mass is 10.0. The van der Waals surface area contributed by atoms with Gasteiger partial charge in [-0.25, -0.2) is 9.79 Å². The molecule has 0 radical (unpaired) electrons. The molecule has 1 atom stereocenters. The SMILES string of the molecule is NC(=O)N1c2ccccc2C=Cc2ccccc21.O=C1Nc2ccc(Cl)cc2C(c2ccccc2Cl)=NC1O. The Kier molecular flexibility index (Phi) is 7.47. The molecule has 1 unspecified atom stereocenters. The van der Waals surface area contributed by atoms with Gasteiger partial charge in [0.25, 0.3) is 5.91 Å². The Morgan fingerprint density at radius 3 is 2.05 bits per heavy atom. The molecular weight excluding hydrogens is 535 g/mol. The second-order valence-electron chi connectivity index (χ2n) is 8.63. The Morgan fingerprint density at radius 2 is 1.44 bits per heavy atom. The number of aliphatic imine (C=N–C) groups is 1. The number of para-hydroxylation sites is 2. The number of fused-ring (bicyclic) bond motifs is 3. The minimum absolute atomic E-state index is 0.420. The highest BCUT2D eigenvalue weighted by Gasteiger charge is 2.25. The first kappa shape index (κ1) is 26.2. The molecule has 39 heavy (non-hydrogen) atoms. The van der Waals surface area contributed by atoms with Crippen LogP contribution in [0.5, 0.6) is 0 Å². The number of primary amides is 1. The molecule has 0 saturated heterocycles. The standard InChI is InChI=1S/C15H10Cl2N2O2.C15H12N2O/c16-8-5-6-12-10(7-8)13(19-15(21)14(20)18-12)9-3-1-2-4-11(9)17;16-15(18)17-13-7-3-1-5-11(13)9-10-12-6-2-4-8-14(12)17/h1-7,15,21H,(H,18,20);1-10H,(H2,16,18). The maximum Gasteiger partial charge on any atom is 0.323 e. The van der Waals surface area contributed by atoms with Crippen LogP contribution in [0.2, 0.25) is 10.0 Å². The van der Waals surface area contributed by atoms with Gasteiger partial charge < -0.3 is 16.2 Å². The number of carbonyl (C=O) groups is 2. The van der Waals surface area contributed by atoms with Crippen LogP contribution in [0.3, 0.4) is 0 Å². The Morgan fingerprint density at radius 1 is 0.846 bits per heavy atom. The lowest BCUT2D eigenvalue weighted by Gasteiger charge is -2.22. The highest BCUT2D eigenvalue weighted by atomic mass is 35.5. The summed E-state index contributed by atoms with van der Waals surface area (Å²) >= 11 is 12.2. The van der Waals surface area contributed by atoms with Crippen LogP contribution in [0, 0.1) is 0 Å². The van der Waals surface area contributed by atoms with Crippen LogP contribution in [-0.2, 0) is 4.79 Å². The fourth-order valence-electron chi connectivity index (χ4n) is 4.35. The highest BCUT2D eigenvalue weighted by molar-refractivity contribution is 6.37. The molecule has 0 aromatic heterocycles. The van der Waals surface area contributed by atoms with Crippen molar-refractivity contribution >= 4 is 70.1 Å². The number of rotatable bonds is 1. The number of hydrogen-bond acceptors (Lipinski definition) is 4. The molecule has 4 aromatic rings. The number of urea groups is 1. The van der Waals surface area contributed by atoms with Crippen LogP contribution in [0.15, 0.2) is 96.0 Å². The maximum absolute atomic E-state index is 11.8. The highest BCUT2D eigenvalue weighted by Crippen LogP contribution is 2.35. The molecule has 194 valence electrons.